The molecule has 0 spiro atoms. The third-order valence-corrected chi connectivity index (χ3v) is 3.05. The van der Waals surface area contributed by atoms with E-state index in [9.17, 15) is 0 Å². The molecule has 1 saturated heterocycles. The number of hydrogen-bond donors (Lipinski definition) is 1. The average Bonchev–Trinajstić information content (AvgIpc) is 2.28. The minimum atomic E-state index is 0.820. The van der Waals surface area contributed by atoms with Gasteiger partial charge in [0.05, 0.1) is 0 Å². The zero-order chi connectivity index (χ0) is 11.1. The second-order valence-corrected chi connectivity index (χ2v) is 4.04. The van der Waals surface area contributed by atoms with E-state index in [0.717, 1.165) is 25.6 Å². The van der Waals surface area contributed by atoms with Gasteiger partial charge in [0.2, 0.25) is 0 Å². The summed E-state index contributed by atoms with van der Waals surface area (Å²) < 4.78 is 0. The Kier molecular flexibility index (Phi) is 5.19. The van der Waals surface area contributed by atoms with E-state index in [2.05, 4.69) is 18.1 Å². The Hall–Kier alpha value is -1.02. The predicted molar refractivity (Wildman–Crippen MR) is 66.4 cm³/mol. The zero-order valence-corrected chi connectivity index (χ0v) is 9.49. The van der Waals surface area contributed by atoms with Gasteiger partial charge in [0, 0.05) is 18.8 Å². The van der Waals surface area contributed by atoms with E-state index in [1.54, 1.807) is 0 Å². The highest BCUT2D eigenvalue weighted by molar-refractivity contribution is 5.20. The molecular weight excluding hydrogens is 184 g/mol. The van der Waals surface area contributed by atoms with E-state index in [0.29, 0.717) is 0 Å². The molecule has 84 valence electrons. The van der Waals surface area contributed by atoms with Crippen LogP contribution < -0.4 is 5.73 Å². The van der Waals surface area contributed by atoms with Gasteiger partial charge in [-0.1, -0.05) is 19.2 Å². The first-order valence-electron chi connectivity index (χ1n) is 5.72. The van der Waals surface area contributed by atoms with Crippen molar-refractivity contribution in [2.75, 3.05) is 19.6 Å². The van der Waals surface area contributed by atoms with Gasteiger partial charge in [0.25, 0.3) is 0 Å². The van der Waals surface area contributed by atoms with Gasteiger partial charge >= 0.3 is 0 Å². The molecule has 0 aromatic heterocycles. The van der Waals surface area contributed by atoms with Crippen LogP contribution in [0.2, 0.25) is 0 Å². The molecule has 2 nitrogen and oxygen atoms in total. The van der Waals surface area contributed by atoms with Gasteiger partial charge < -0.3 is 10.6 Å². The Morgan fingerprint density at radius 2 is 2.00 bits per heavy atom. The van der Waals surface area contributed by atoms with Crippen LogP contribution in [0.1, 0.15) is 19.3 Å². The molecule has 0 bridgehead atoms. The number of hydrogen-bond acceptors (Lipinski definition) is 2. The van der Waals surface area contributed by atoms with Crippen LogP contribution in [-0.4, -0.2) is 24.5 Å². The van der Waals surface area contributed by atoms with E-state index < -0.39 is 0 Å². The molecule has 15 heavy (non-hydrogen) atoms. The predicted octanol–water partition coefficient (Wildman–Crippen LogP) is 2.30. The van der Waals surface area contributed by atoms with Crippen LogP contribution in [-0.2, 0) is 0 Å². The van der Waals surface area contributed by atoms with Crippen molar-refractivity contribution >= 4 is 0 Å². The van der Waals surface area contributed by atoms with Crippen LogP contribution in [0.25, 0.3) is 0 Å². The molecule has 1 aliphatic rings. The first-order valence-corrected chi connectivity index (χ1v) is 5.72. The molecule has 1 aliphatic heterocycles. The summed E-state index contributed by atoms with van der Waals surface area (Å²) in [5.41, 5.74) is 6.76. The van der Waals surface area contributed by atoms with Crippen LogP contribution >= 0.6 is 0 Å². The fourth-order valence-corrected chi connectivity index (χ4v) is 2.14. The molecule has 2 heteroatoms. The second-order valence-electron chi connectivity index (χ2n) is 4.04. The molecule has 0 amide bonds. The van der Waals surface area contributed by atoms with Crippen LogP contribution in [0.15, 0.2) is 37.1 Å². The molecule has 0 atom stereocenters. The molecule has 0 aromatic rings. The smallest absolute Gasteiger partial charge is 0.0360 e. The molecular formula is C13H22N2. The van der Waals surface area contributed by atoms with Crippen LogP contribution in [0.5, 0.6) is 0 Å². The Balaban J connectivity index is 2.45. The van der Waals surface area contributed by atoms with Gasteiger partial charge in [-0.15, -0.1) is 0 Å². The molecule has 1 fully saturated rings. The Bertz CT molecular complexity index is 235. The summed E-state index contributed by atoms with van der Waals surface area (Å²) in [6.07, 6.45) is 9.42. The lowest BCUT2D eigenvalue weighted by Gasteiger charge is -2.34. The molecule has 0 unspecified atom stereocenters. The first-order chi connectivity index (χ1) is 7.31. The quantitative estimate of drug-likeness (QED) is 0.699. The maximum atomic E-state index is 5.57. The van der Waals surface area contributed by atoms with Gasteiger partial charge in [-0.25, -0.2) is 0 Å². The maximum absolute atomic E-state index is 5.57. The lowest BCUT2D eigenvalue weighted by molar-refractivity contribution is 0.226. The maximum Gasteiger partial charge on any atom is 0.0360 e. The highest BCUT2D eigenvalue weighted by Gasteiger charge is 2.18. The number of rotatable bonds is 5. The van der Waals surface area contributed by atoms with Crippen molar-refractivity contribution in [2.24, 2.45) is 11.7 Å². The van der Waals surface area contributed by atoms with E-state index in [1.807, 2.05) is 18.2 Å². The summed E-state index contributed by atoms with van der Waals surface area (Å²) in [6, 6.07) is 0. The lowest BCUT2D eigenvalue weighted by atomic mass is 9.93. The van der Waals surface area contributed by atoms with E-state index >= 15 is 0 Å². The third-order valence-electron chi connectivity index (χ3n) is 3.05. The molecule has 0 aromatic carbocycles. The van der Waals surface area contributed by atoms with Crippen molar-refractivity contribution in [2.45, 2.75) is 19.3 Å². The fraction of sp³-hybridized carbons (Fsp3) is 0.538. The fourth-order valence-electron chi connectivity index (χ4n) is 2.14. The van der Waals surface area contributed by atoms with Crippen molar-refractivity contribution < 1.29 is 0 Å². The largest absolute Gasteiger partial charge is 0.372 e. The van der Waals surface area contributed by atoms with Crippen molar-refractivity contribution in [1.29, 1.82) is 0 Å². The topological polar surface area (TPSA) is 29.3 Å². The van der Waals surface area contributed by atoms with Gasteiger partial charge in [0.1, 0.15) is 0 Å². The van der Waals surface area contributed by atoms with E-state index in [-0.39, 0.29) is 0 Å². The monoisotopic (exact) mass is 206 g/mol. The van der Waals surface area contributed by atoms with Gasteiger partial charge in [-0.3, -0.25) is 0 Å². The number of piperidine rings is 1. The standard InChI is InChI=1S/C13H22N2/c1-3-5-13(4-2)15-10-7-12(6-9-14)8-11-15/h3-5,12H,1-2,6-11,14H2/b13-5+. The van der Waals surface area contributed by atoms with E-state index in [1.165, 1.54) is 25.0 Å². The normalized spacial score (nSPS) is 19.0. The summed E-state index contributed by atoms with van der Waals surface area (Å²) in [5, 5.41) is 0. The number of likely N-dealkylation sites (tertiary alicyclic amines) is 1. The molecule has 1 heterocycles. The van der Waals surface area contributed by atoms with Gasteiger partial charge in [-0.05, 0) is 43.9 Å². The molecule has 2 N–H and O–H groups in total. The third kappa shape index (κ3) is 3.56. The zero-order valence-electron chi connectivity index (χ0n) is 9.49. The second kappa shape index (κ2) is 6.46. The van der Waals surface area contributed by atoms with E-state index in [4.69, 9.17) is 5.73 Å². The molecule has 0 radical (unpaired) electrons. The number of allylic oxidation sites excluding steroid dienone is 3. The summed E-state index contributed by atoms with van der Waals surface area (Å²) in [7, 11) is 0. The molecule has 0 saturated carbocycles. The highest BCUT2D eigenvalue weighted by atomic mass is 15.1. The number of nitrogens with two attached hydrogens (primary N) is 1. The minimum absolute atomic E-state index is 0.820. The lowest BCUT2D eigenvalue weighted by Crippen LogP contribution is -2.33. The van der Waals surface area contributed by atoms with Crippen molar-refractivity contribution in [3.8, 4) is 0 Å². The summed E-state index contributed by atoms with van der Waals surface area (Å²) in [5.74, 6) is 0.820. The average molecular weight is 206 g/mol. The summed E-state index contributed by atoms with van der Waals surface area (Å²) >= 11 is 0. The minimum Gasteiger partial charge on any atom is -0.372 e. The van der Waals surface area contributed by atoms with Crippen molar-refractivity contribution in [1.82, 2.24) is 4.90 Å². The highest BCUT2D eigenvalue weighted by Crippen LogP contribution is 2.22. The Morgan fingerprint density at radius 3 is 2.47 bits per heavy atom. The molecule has 1 rings (SSSR count). The Morgan fingerprint density at radius 1 is 1.33 bits per heavy atom. The SMILES string of the molecule is C=C/C=C(\C=C)N1CCC(CCN)CC1. The van der Waals surface area contributed by atoms with Crippen molar-refractivity contribution in [3.05, 3.63) is 37.1 Å². The van der Waals surface area contributed by atoms with Crippen LogP contribution in [0.4, 0.5) is 0 Å². The van der Waals surface area contributed by atoms with Gasteiger partial charge in [-0.2, -0.15) is 0 Å². The first kappa shape index (κ1) is 12.1. The number of nitrogens with zero attached hydrogens (tertiary/aromatic N) is 1. The van der Waals surface area contributed by atoms with Crippen LogP contribution in [0.3, 0.4) is 0 Å². The summed E-state index contributed by atoms with van der Waals surface area (Å²) in [4.78, 5) is 2.38. The Labute approximate surface area is 93.1 Å². The van der Waals surface area contributed by atoms with Crippen LogP contribution in [0, 0.1) is 5.92 Å². The molecule has 0 aliphatic carbocycles. The summed E-state index contributed by atoms with van der Waals surface area (Å²) in [6.45, 7) is 10.6. The van der Waals surface area contributed by atoms with Crippen molar-refractivity contribution in [3.63, 3.8) is 0 Å². The van der Waals surface area contributed by atoms with Gasteiger partial charge in [0.15, 0.2) is 0 Å².